The maximum atomic E-state index is 13.1. The molecule has 0 amide bonds. The van der Waals surface area contributed by atoms with Gasteiger partial charge in [0.05, 0.1) is 11.4 Å². The molecule has 5 heteroatoms. The van der Waals surface area contributed by atoms with Gasteiger partial charge >= 0.3 is 0 Å². The predicted molar refractivity (Wildman–Crippen MR) is 95.0 cm³/mol. The number of aryl methyl sites for hydroxylation is 1. The number of aromatic nitrogens is 2. The van der Waals surface area contributed by atoms with E-state index < -0.39 is 0 Å². The molecule has 0 spiro atoms. The zero-order chi connectivity index (χ0) is 17.1. The van der Waals surface area contributed by atoms with E-state index in [-0.39, 0.29) is 5.82 Å². The monoisotopic (exact) mass is 330 g/mol. The van der Waals surface area contributed by atoms with Crippen LogP contribution in [0.1, 0.15) is 36.7 Å². The van der Waals surface area contributed by atoms with E-state index in [2.05, 4.69) is 29.2 Å². The molecule has 130 valence electrons. The molecule has 24 heavy (non-hydrogen) atoms. The molecule has 1 fully saturated rings. The molecular weight excluding hydrogens is 303 g/mol. The highest BCUT2D eigenvalue weighted by atomic mass is 19.1. The molecule has 1 aliphatic heterocycles. The first-order chi connectivity index (χ1) is 11.6. The Morgan fingerprint density at radius 2 is 2.00 bits per heavy atom. The molecule has 0 saturated carbocycles. The van der Waals surface area contributed by atoms with E-state index >= 15 is 0 Å². The van der Waals surface area contributed by atoms with Gasteiger partial charge in [0.25, 0.3) is 0 Å². The van der Waals surface area contributed by atoms with Gasteiger partial charge in [0.2, 0.25) is 0 Å². The number of benzene rings is 1. The maximum Gasteiger partial charge on any atom is 0.123 e. The van der Waals surface area contributed by atoms with Gasteiger partial charge in [-0.2, -0.15) is 5.10 Å². The van der Waals surface area contributed by atoms with Gasteiger partial charge in [0.15, 0.2) is 0 Å². The average Bonchev–Trinajstić information content (AvgIpc) is 3.14. The highest BCUT2D eigenvalue weighted by molar-refractivity contribution is 5.37. The summed E-state index contributed by atoms with van der Waals surface area (Å²) in [5, 5.41) is 8.24. The molecule has 0 aliphatic carbocycles. The van der Waals surface area contributed by atoms with E-state index in [1.165, 1.54) is 37.1 Å². The second-order valence-electron chi connectivity index (χ2n) is 6.59. The summed E-state index contributed by atoms with van der Waals surface area (Å²) in [5.41, 5.74) is 4.28. The van der Waals surface area contributed by atoms with Gasteiger partial charge < -0.3 is 5.32 Å². The molecule has 0 radical (unpaired) electrons. The molecule has 0 bridgehead atoms. The Hall–Kier alpha value is -1.72. The standard InChI is InChI=1S/C19H27FN4/c1-4-23-11-5-6-18(23)12-21-13-19-14(2)22-24(15(19)3)17-9-7-16(20)8-10-17/h7-10,18,21H,4-6,11-13H2,1-3H3. The minimum Gasteiger partial charge on any atom is -0.311 e. The third-order valence-electron chi connectivity index (χ3n) is 5.10. The van der Waals surface area contributed by atoms with Crippen LogP contribution in [0.15, 0.2) is 24.3 Å². The summed E-state index contributed by atoms with van der Waals surface area (Å²) in [5.74, 6) is -0.223. The fourth-order valence-electron chi connectivity index (χ4n) is 3.67. The van der Waals surface area contributed by atoms with Crippen LogP contribution < -0.4 is 5.32 Å². The van der Waals surface area contributed by atoms with Crippen molar-refractivity contribution in [1.29, 1.82) is 0 Å². The Bertz CT molecular complexity index is 677. The Labute approximate surface area is 143 Å². The van der Waals surface area contributed by atoms with Crippen molar-refractivity contribution in [3.8, 4) is 5.69 Å². The van der Waals surface area contributed by atoms with Crippen molar-refractivity contribution in [1.82, 2.24) is 20.0 Å². The van der Waals surface area contributed by atoms with Crippen LogP contribution in [0.3, 0.4) is 0 Å². The van der Waals surface area contributed by atoms with Gasteiger partial charge in [-0.15, -0.1) is 0 Å². The number of likely N-dealkylation sites (N-methyl/N-ethyl adjacent to an activating group) is 1. The van der Waals surface area contributed by atoms with Gasteiger partial charge in [-0.05, 0) is 64.0 Å². The van der Waals surface area contributed by atoms with E-state index in [4.69, 9.17) is 0 Å². The number of nitrogens with one attached hydrogen (secondary N) is 1. The summed E-state index contributed by atoms with van der Waals surface area (Å²) in [6.07, 6.45) is 2.59. The molecule has 2 aromatic rings. The lowest BCUT2D eigenvalue weighted by molar-refractivity contribution is 0.260. The van der Waals surface area contributed by atoms with Crippen LogP contribution in [0.2, 0.25) is 0 Å². The fraction of sp³-hybridized carbons (Fsp3) is 0.526. The van der Waals surface area contributed by atoms with E-state index in [9.17, 15) is 4.39 Å². The van der Waals surface area contributed by atoms with Crippen molar-refractivity contribution in [2.45, 2.75) is 46.2 Å². The summed E-state index contributed by atoms with van der Waals surface area (Å²) in [4.78, 5) is 2.55. The van der Waals surface area contributed by atoms with Crippen LogP contribution in [0, 0.1) is 19.7 Å². The second kappa shape index (κ2) is 7.45. The summed E-state index contributed by atoms with van der Waals surface area (Å²) < 4.78 is 15.0. The average molecular weight is 330 g/mol. The number of halogens is 1. The third kappa shape index (κ3) is 3.52. The minimum absolute atomic E-state index is 0.223. The van der Waals surface area contributed by atoms with Crippen molar-refractivity contribution >= 4 is 0 Å². The first-order valence-electron chi connectivity index (χ1n) is 8.86. The molecule has 1 aromatic heterocycles. The molecule has 1 aromatic carbocycles. The molecule has 1 atom stereocenters. The molecular formula is C19H27FN4. The first-order valence-corrected chi connectivity index (χ1v) is 8.86. The van der Waals surface area contributed by atoms with Gasteiger partial charge in [-0.25, -0.2) is 9.07 Å². The van der Waals surface area contributed by atoms with Gasteiger partial charge in [0.1, 0.15) is 5.82 Å². The van der Waals surface area contributed by atoms with Crippen LogP contribution >= 0.6 is 0 Å². The molecule has 4 nitrogen and oxygen atoms in total. The number of likely N-dealkylation sites (tertiary alicyclic amines) is 1. The summed E-state index contributed by atoms with van der Waals surface area (Å²) in [6, 6.07) is 7.14. The zero-order valence-electron chi connectivity index (χ0n) is 14.8. The van der Waals surface area contributed by atoms with Crippen LogP contribution in [0.5, 0.6) is 0 Å². The van der Waals surface area contributed by atoms with Crippen LogP contribution in [0.4, 0.5) is 4.39 Å². The smallest absolute Gasteiger partial charge is 0.123 e. The van der Waals surface area contributed by atoms with Gasteiger partial charge in [-0.1, -0.05) is 6.92 Å². The van der Waals surface area contributed by atoms with Gasteiger partial charge in [-0.3, -0.25) is 4.90 Å². The molecule has 1 aliphatic rings. The highest BCUT2D eigenvalue weighted by Gasteiger charge is 2.22. The summed E-state index contributed by atoms with van der Waals surface area (Å²) in [6.45, 7) is 10.6. The van der Waals surface area contributed by atoms with Crippen molar-refractivity contribution < 1.29 is 4.39 Å². The quantitative estimate of drug-likeness (QED) is 0.883. The van der Waals surface area contributed by atoms with E-state index in [1.54, 1.807) is 12.1 Å². The van der Waals surface area contributed by atoms with Crippen molar-refractivity contribution in [3.05, 3.63) is 47.0 Å². The van der Waals surface area contributed by atoms with E-state index in [0.29, 0.717) is 6.04 Å². The predicted octanol–water partition coefficient (Wildman–Crippen LogP) is 3.20. The normalized spacial score (nSPS) is 18.4. The number of nitrogens with zero attached hydrogens (tertiary/aromatic N) is 3. The van der Waals surface area contributed by atoms with E-state index in [1.807, 2.05) is 11.6 Å². The Morgan fingerprint density at radius 3 is 2.71 bits per heavy atom. The number of rotatable bonds is 6. The molecule has 1 saturated heterocycles. The highest BCUT2D eigenvalue weighted by Crippen LogP contribution is 2.19. The van der Waals surface area contributed by atoms with Crippen molar-refractivity contribution in [3.63, 3.8) is 0 Å². The lowest BCUT2D eigenvalue weighted by Gasteiger charge is -2.23. The van der Waals surface area contributed by atoms with Gasteiger partial charge in [0, 0.05) is 30.4 Å². The maximum absolute atomic E-state index is 13.1. The molecule has 3 rings (SSSR count). The Morgan fingerprint density at radius 1 is 1.25 bits per heavy atom. The fourth-order valence-corrected chi connectivity index (χ4v) is 3.67. The SMILES string of the molecule is CCN1CCCC1CNCc1c(C)nn(-c2ccc(F)cc2)c1C. The Kier molecular flexibility index (Phi) is 5.31. The topological polar surface area (TPSA) is 33.1 Å². The Balaban J connectivity index is 1.67. The molecule has 1 N–H and O–H groups in total. The van der Waals surface area contributed by atoms with Crippen LogP contribution in [0.25, 0.3) is 5.69 Å². The molecule has 1 unspecified atom stereocenters. The second-order valence-corrected chi connectivity index (χ2v) is 6.59. The van der Waals surface area contributed by atoms with Crippen LogP contribution in [-0.4, -0.2) is 40.4 Å². The number of hydrogen-bond donors (Lipinski definition) is 1. The molecule has 2 heterocycles. The third-order valence-corrected chi connectivity index (χ3v) is 5.10. The zero-order valence-corrected chi connectivity index (χ0v) is 14.8. The number of hydrogen-bond acceptors (Lipinski definition) is 3. The van der Waals surface area contributed by atoms with Crippen molar-refractivity contribution in [2.75, 3.05) is 19.6 Å². The minimum atomic E-state index is -0.223. The summed E-state index contributed by atoms with van der Waals surface area (Å²) in [7, 11) is 0. The largest absolute Gasteiger partial charge is 0.311 e. The van der Waals surface area contributed by atoms with E-state index in [0.717, 1.165) is 36.7 Å². The lowest BCUT2D eigenvalue weighted by atomic mass is 10.1. The lowest BCUT2D eigenvalue weighted by Crippen LogP contribution is -2.37. The van der Waals surface area contributed by atoms with Crippen LogP contribution in [-0.2, 0) is 6.54 Å². The summed E-state index contributed by atoms with van der Waals surface area (Å²) >= 11 is 0. The van der Waals surface area contributed by atoms with Crippen molar-refractivity contribution in [2.24, 2.45) is 0 Å². The first kappa shape index (κ1) is 17.1.